The molecule has 0 radical (unpaired) electrons. The molecule has 0 aliphatic heterocycles. The number of nitrogens with one attached hydrogen (secondary N) is 1. The maximum absolute atomic E-state index is 11.5. The van der Waals surface area contributed by atoms with Gasteiger partial charge in [-0.05, 0) is 29.5 Å². The van der Waals surface area contributed by atoms with E-state index >= 15 is 0 Å². The summed E-state index contributed by atoms with van der Waals surface area (Å²) in [4.78, 5) is 0.611. The first-order chi connectivity index (χ1) is 6.68. The predicted octanol–water partition coefficient (Wildman–Crippen LogP) is 3.31. The first-order valence-electron chi connectivity index (χ1n) is 5.01. The molecule has 1 unspecified atom stereocenters. The molecule has 0 fully saturated rings. The summed E-state index contributed by atoms with van der Waals surface area (Å²) in [5, 5.41) is 0. The molecule has 0 heterocycles. The minimum absolute atomic E-state index is 0.260. The van der Waals surface area contributed by atoms with Crippen LogP contribution < -0.4 is 0 Å². The molecule has 1 rings (SSSR count). The summed E-state index contributed by atoms with van der Waals surface area (Å²) in [5.41, 5.74) is 1.49. The minimum atomic E-state index is -2.56. The van der Waals surface area contributed by atoms with E-state index in [0.717, 1.165) is 6.42 Å². The number of benzene rings is 1. The van der Waals surface area contributed by atoms with Crippen LogP contribution in [0.5, 0.6) is 0 Å². The summed E-state index contributed by atoms with van der Waals surface area (Å²) in [5.74, 6) is 0. The molecule has 84 valence electrons. The summed E-state index contributed by atoms with van der Waals surface area (Å²) in [6.45, 7) is 6.57. The summed E-state index contributed by atoms with van der Waals surface area (Å²) in [6, 6.07) is 7.54. The largest absolute Gasteiger partial charge is 0.249 e. The molecule has 15 heavy (non-hydrogen) atoms. The minimum Gasteiger partial charge on any atom is -0.249 e. The van der Waals surface area contributed by atoms with Gasteiger partial charge in [-0.2, -0.15) is 0 Å². The highest BCUT2D eigenvalue weighted by Crippen LogP contribution is 2.21. The molecule has 1 atom stereocenters. The van der Waals surface area contributed by atoms with Crippen LogP contribution in [0.25, 0.3) is 0 Å². The third-order valence-electron chi connectivity index (χ3n) is 2.11. The van der Waals surface area contributed by atoms with Gasteiger partial charge >= 0.3 is 0 Å². The predicted molar refractivity (Wildman–Crippen MR) is 64.7 cm³/mol. The second-order valence-corrected chi connectivity index (χ2v) is 7.38. The lowest BCUT2D eigenvalue weighted by molar-refractivity contribution is 0.411. The Bertz CT molecular complexity index is 424. The summed E-state index contributed by atoms with van der Waals surface area (Å²) in [7, 11) is -2.56. The first-order valence-corrected chi connectivity index (χ1v) is 6.98. The SMILES string of the molecule is CC(C)(C)Cc1ccc(S(C)(=N)=O)cc1. The lowest BCUT2D eigenvalue weighted by Gasteiger charge is -2.18. The van der Waals surface area contributed by atoms with Gasteiger partial charge in [0.05, 0.1) is 9.73 Å². The van der Waals surface area contributed by atoms with Gasteiger partial charge in [0.1, 0.15) is 0 Å². The molecule has 1 N–H and O–H groups in total. The van der Waals surface area contributed by atoms with Crippen molar-refractivity contribution in [3.8, 4) is 0 Å². The van der Waals surface area contributed by atoms with Crippen molar-refractivity contribution in [3.63, 3.8) is 0 Å². The molecular formula is C12H19NOS. The van der Waals surface area contributed by atoms with Crippen molar-refractivity contribution in [2.75, 3.05) is 6.26 Å². The number of hydrogen-bond donors (Lipinski definition) is 1. The molecule has 3 heteroatoms. The molecule has 1 aromatic rings. The molecule has 0 aliphatic carbocycles. The normalized spacial score (nSPS) is 16.0. The zero-order valence-corrected chi connectivity index (χ0v) is 10.6. The quantitative estimate of drug-likeness (QED) is 0.824. The monoisotopic (exact) mass is 225 g/mol. The van der Waals surface area contributed by atoms with Gasteiger partial charge in [-0.3, -0.25) is 0 Å². The van der Waals surface area contributed by atoms with E-state index < -0.39 is 9.73 Å². The fourth-order valence-corrected chi connectivity index (χ4v) is 2.13. The van der Waals surface area contributed by atoms with Gasteiger partial charge in [0.2, 0.25) is 0 Å². The Kier molecular flexibility index (Phi) is 3.24. The zero-order chi connectivity index (χ0) is 11.7. The zero-order valence-electron chi connectivity index (χ0n) is 9.83. The molecule has 0 aromatic heterocycles. The van der Waals surface area contributed by atoms with E-state index in [0.29, 0.717) is 4.90 Å². The highest BCUT2D eigenvalue weighted by Gasteiger charge is 2.11. The maximum atomic E-state index is 11.5. The molecule has 0 saturated carbocycles. The topological polar surface area (TPSA) is 40.9 Å². The van der Waals surface area contributed by atoms with Crippen LogP contribution in [0.15, 0.2) is 29.2 Å². The van der Waals surface area contributed by atoms with Crippen molar-refractivity contribution < 1.29 is 4.21 Å². The first kappa shape index (κ1) is 12.2. The van der Waals surface area contributed by atoms with Crippen LogP contribution in [0, 0.1) is 10.2 Å². The van der Waals surface area contributed by atoms with Crippen LogP contribution in [0.1, 0.15) is 26.3 Å². The Balaban J connectivity index is 2.92. The van der Waals surface area contributed by atoms with E-state index in [-0.39, 0.29) is 5.41 Å². The average Bonchev–Trinajstić information content (AvgIpc) is 2.00. The number of rotatable bonds is 2. The molecule has 1 aromatic carbocycles. The Morgan fingerprint density at radius 3 is 2.00 bits per heavy atom. The van der Waals surface area contributed by atoms with Crippen molar-refractivity contribution in [1.29, 1.82) is 4.78 Å². The third kappa shape index (κ3) is 4.04. The molecule has 0 bridgehead atoms. The van der Waals surface area contributed by atoms with Crippen LogP contribution in [0.3, 0.4) is 0 Å². The van der Waals surface area contributed by atoms with E-state index in [1.165, 1.54) is 11.8 Å². The highest BCUT2D eigenvalue weighted by atomic mass is 32.2. The van der Waals surface area contributed by atoms with Crippen molar-refractivity contribution in [1.82, 2.24) is 0 Å². The fraction of sp³-hybridized carbons (Fsp3) is 0.500. The molecule has 0 amide bonds. The van der Waals surface area contributed by atoms with Crippen LogP contribution in [0.2, 0.25) is 0 Å². The van der Waals surface area contributed by atoms with Gasteiger partial charge in [-0.1, -0.05) is 32.9 Å². The van der Waals surface area contributed by atoms with Gasteiger partial charge in [0.25, 0.3) is 0 Å². The lowest BCUT2D eigenvalue weighted by Crippen LogP contribution is -2.09. The van der Waals surface area contributed by atoms with E-state index in [1.54, 1.807) is 12.1 Å². The lowest BCUT2D eigenvalue weighted by atomic mass is 9.88. The molecule has 0 spiro atoms. The van der Waals surface area contributed by atoms with Gasteiger partial charge < -0.3 is 0 Å². The van der Waals surface area contributed by atoms with Gasteiger partial charge in [0.15, 0.2) is 0 Å². The van der Waals surface area contributed by atoms with Crippen LogP contribution >= 0.6 is 0 Å². The van der Waals surface area contributed by atoms with Gasteiger partial charge in [-0.15, -0.1) is 0 Å². The van der Waals surface area contributed by atoms with E-state index in [2.05, 4.69) is 20.8 Å². The number of hydrogen-bond acceptors (Lipinski definition) is 2. The van der Waals surface area contributed by atoms with Crippen molar-refractivity contribution >= 4 is 9.73 Å². The maximum Gasteiger partial charge on any atom is 0.0696 e. The van der Waals surface area contributed by atoms with Crippen molar-refractivity contribution in [2.45, 2.75) is 32.1 Å². The van der Waals surface area contributed by atoms with Crippen LogP contribution in [0.4, 0.5) is 0 Å². The van der Waals surface area contributed by atoms with E-state index in [9.17, 15) is 4.21 Å². The standard InChI is InChI=1S/C12H19NOS/c1-12(2,3)9-10-5-7-11(8-6-10)15(4,13)14/h5-8,13H,9H2,1-4H3. The fourth-order valence-electron chi connectivity index (χ4n) is 1.48. The summed E-state index contributed by atoms with van der Waals surface area (Å²) >= 11 is 0. The smallest absolute Gasteiger partial charge is 0.0696 e. The average molecular weight is 225 g/mol. The van der Waals surface area contributed by atoms with Crippen molar-refractivity contribution in [2.24, 2.45) is 5.41 Å². The summed E-state index contributed by atoms with van der Waals surface area (Å²) < 4.78 is 18.9. The molecule has 2 nitrogen and oxygen atoms in total. The van der Waals surface area contributed by atoms with Gasteiger partial charge in [-0.25, -0.2) is 8.99 Å². The Morgan fingerprint density at radius 1 is 1.20 bits per heavy atom. The Morgan fingerprint density at radius 2 is 1.67 bits per heavy atom. The molecule has 0 aliphatic rings. The van der Waals surface area contributed by atoms with Crippen molar-refractivity contribution in [3.05, 3.63) is 29.8 Å². The van der Waals surface area contributed by atoms with Gasteiger partial charge in [0, 0.05) is 11.2 Å². The molecule has 0 saturated heterocycles. The van der Waals surface area contributed by atoms with Crippen LogP contribution in [-0.4, -0.2) is 10.5 Å². The van der Waals surface area contributed by atoms with E-state index in [4.69, 9.17) is 4.78 Å². The third-order valence-corrected chi connectivity index (χ3v) is 3.28. The Hall–Kier alpha value is -0.830. The van der Waals surface area contributed by atoms with E-state index in [1.807, 2.05) is 12.1 Å². The molecular weight excluding hydrogens is 206 g/mol. The second-order valence-electron chi connectivity index (χ2n) is 5.23. The summed E-state index contributed by atoms with van der Waals surface area (Å²) in [6.07, 6.45) is 2.45. The highest BCUT2D eigenvalue weighted by molar-refractivity contribution is 7.91. The second kappa shape index (κ2) is 3.97. The van der Waals surface area contributed by atoms with Crippen LogP contribution in [-0.2, 0) is 16.1 Å². The Labute approximate surface area is 92.7 Å².